The number of rotatable bonds is 9. The molecule has 3 N–H and O–H groups in total. The third kappa shape index (κ3) is 6.31. The van der Waals surface area contributed by atoms with Gasteiger partial charge in [0.25, 0.3) is 5.91 Å². The Labute approximate surface area is 153 Å². The minimum Gasteiger partial charge on any atom is -0.383 e. The van der Waals surface area contributed by atoms with Crippen LogP contribution in [0.3, 0.4) is 0 Å². The van der Waals surface area contributed by atoms with Crippen LogP contribution in [0, 0.1) is 6.92 Å². The molecular weight excluding hydrogens is 330 g/mol. The van der Waals surface area contributed by atoms with Crippen LogP contribution in [0.4, 0.5) is 5.69 Å². The maximum atomic E-state index is 12.5. The van der Waals surface area contributed by atoms with Crippen molar-refractivity contribution in [1.82, 2.24) is 10.6 Å². The lowest BCUT2D eigenvalue weighted by Gasteiger charge is -2.12. The average molecular weight is 355 g/mol. The Morgan fingerprint density at radius 1 is 1.04 bits per heavy atom. The highest BCUT2D eigenvalue weighted by atomic mass is 16.5. The summed E-state index contributed by atoms with van der Waals surface area (Å²) < 4.78 is 4.92. The highest BCUT2D eigenvalue weighted by Gasteiger charge is 2.12. The van der Waals surface area contributed by atoms with Crippen LogP contribution in [0.15, 0.2) is 48.5 Å². The van der Waals surface area contributed by atoms with Gasteiger partial charge in [-0.2, -0.15) is 0 Å². The van der Waals surface area contributed by atoms with Crippen molar-refractivity contribution in [3.63, 3.8) is 0 Å². The number of methoxy groups -OCH3 is 1. The lowest BCUT2D eigenvalue weighted by molar-refractivity contribution is -0.115. The fourth-order valence-corrected chi connectivity index (χ4v) is 2.34. The molecule has 0 saturated carbocycles. The number of anilines is 1. The summed E-state index contributed by atoms with van der Waals surface area (Å²) in [7, 11) is 1.60. The van der Waals surface area contributed by atoms with E-state index in [0.717, 1.165) is 5.56 Å². The normalized spacial score (nSPS) is 10.4. The summed E-state index contributed by atoms with van der Waals surface area (Å²) in [5, 5.41) is 8.63. The first-order chi connectivity index (χ1) is 12.6. The van der Waals surface area contributed by atoms with Crippen molar-refractivity contribution in [1.29, 1.82) is 0 Å². The summed E-state index contributed by atoms with van der Waals surface area (Å²) in [6.07, 6.45) is 0. The smallest absolute Gasteiger partial charge is 0.253 e. The molecule has 138 valence electrons. The standard InChI is InChI=1S/C20H25N3O3/c1-15-7-9-16(10-8-15)13-22-20(25)17-5-3-4-6-18(17)23-19(24)14-21-11-12-26-2/h3-10,21H,11-14H2,1-2H3,(H,22,25)(H,23,24). The van der Waals surface area contributed by atoms with Crippen molar-refractivity contribution in [2.75, 3.05) is 32.1 Å². The van der Waals surface area contributed by atoms with Gasteiger partial charge in [0.15, 0.2) is 0 Å². The zero-order valence-corrected chi connectivity index (χ0v) is 15.2. The summed E-state index contributed by atoms with van der Waals surface area (Å²) in [4.78, 5) is 24.5. The van der Waals surface area contributed by atoms with Gasteiger partial charge in [0, 0.05) is 20.2 Å². The minimum atomic E-state index is -0.228. The molecule has 2 aromatic carbocycles. The van der Waals surface area contributed by atoms with Crippen molar-refractivity contribution in [2.24, 2.45) is 0 Å². The topological polar surface area (TPSA) is 79.5 Å². The van der Waals surface area contributed by atoms with E-state index in [1.807, 2.05) is 31.2 Å². The molecule has 2 aromatic rings. The molecular formula is C20H25N3O3. The first-order valence-corrected chi connectivity index (χ1v) is 8.52. The van der Waals surface area contributed by atoms with Crippen LogP contribution < -0.4 is 16.0 Å². The number of benzene rings is 2. The predicted octanol–water partition coefficient (Wildman–Crippen LogP) is 2.10. The Kier molecular flexibility index (Phi) is 7.79. The van der Waals surface area contributed by atoms with E-state index in [-0.39, 0.29) is 18.4 Å². The number of nitrogens with one attached hydrogen (secondary N) is 3. The minimum absolute atomic E-state index is 0.155. The van der Waals surface area contributed by atoms with Gasteiger partial charge in [-0.1, -0.05) is 42.0 Å². The zero-order chi connectivity index (χ0) is 18.8. The maximum Gasteiger partial charge on any atom is 0.253 e. The van der Waals surface area contributed by atoms with Crippen LogP contribution in [0.25, 0.3) is 0 Å². The van der Waals surface area contributed by atoms with Gasteiger partial charge in [-0.05, 0) is 24.6 Å². The fourth-order valence-electron chi connectivity index (χ4n) is 2.34. The van der Waals surface area contributed by atoms with Gasteiger partial charge >= 0.3 is 0 Å². The first-order valence-electron chi connectivity index (χ1n) is 8.52. The number of carbonyl (C=O) groups excluding carboxylic acids is 2. The fraction of sp³-hybridized carbons (Fsp3) is 0.300. The molecule has 0 fully saturated rings. The van der Waals surface area contributed by atoms with Crippen molar-refractivity contribution in [2.45, 2.75) is 13.5 Å². The average Bonchev–Trinajstić information content (AvgIpc) is 2.65. The Bertz CT molecular complexity index is 729. The quantitative estimate of drug-likeness (QED) is 0.602. The van der Waals surface area contributed by atoms with E-state index in [9.17, 15) is 9.59 Å². The lowest BCUT2D eigenvalue weighted by atomic mass is 10.1. The third-order valence-electron chi connectivity index (χ3n) is 3.79. The van der Waals surface area contributed by atoms with Gasteiger partial charge in [0.05, 0.1) is 24.4 Å². The highest BCUT2D eigenvalue weighted by Crippen LogP contribution is 2.15. The monoisotopic (exact) mass is 355 g/mol. The van der Waals surface area contributed by atoms with Crippen molar-refractivity contribution < 1.29 is 14.3 Å². The Balaban J connectivity index is 1.93. The van der Waals surface area contributed by atoms with Crippen LogP contribution in [-0.4, -0.2) is 38.6 Å². The second kappa shape index (κ2) is 10.3. The summed E-state index contributed by atoms with van der Waals surface area (Å²) >= 11 is 0. The second-order valence-corrected chi connectivity index (χ2v) is 5.93. The van der Waals surface area contributed by atoms with Crippen LogP contribution in [-0.2, 0) is 16.1 Å². The summed E-state index contributed by atoms with van der Waals surface area (Å²) in [5.74, 6) is -0.436. The van der Waals surface area contributed by atoms with Crippen LogP contribution >= 0.6 is 0 Å². The predicted molar refractivity (Wildman–Crippen MR) is 102 cm³/mol. The molecule has 0 spiro atoms. The summed E-state index contributed by atoms with van der Waals surface area (Å²) in [5.41, 5.74) is 3.12. The molecule has 0 atom stereocenters. The van der Waals surface area contributed by atoms with Crippen molar-refractivity contribution >= 4 is 17.5 Å². The molecule has 2 amide bonds. The van der Waals surface area contributed by atoms with E-state index in [4.69, 9.17) is 4.74 Å². The Morgan fingerprint density at radius 3 is 2.50 bits per heavy atom. The second-order valence-electron chi connectivity index (χ2n) is 5.93. The molecule has 0 aliphatic heterocycles. The molecule has 0 saturated heterocycles. The molecule has 0 bridgehead atoms. The highest BCUT2D eigenvalue weighted by molar-refractivity contribution is 6.04. The van der Waals surface area contributed by atoms with Gasteiger partial charge in [-0.25, -0.2) is 0 Å². The van der Waals surface area contributed by atoms with Crippen LogP contribution in [0.1, 0.15) is 21.5 Å². The van der Waals surface area contributed by atoms with E-state index in [0.29, 0.717) is 30.9 Å². The molecule has 0 radical (unpaired) electrons. The molecule has 0 aliphatic carbocycles. The lowest BCUT2D eigenvalue weighted by Crippen LogP contribution is -2.31. The molecule has 26 heavy (non-hydrogen) atoms. The third-order valence-corrected chi connectivity index (χ3v) is 3.79. The SMILES string of the molecule is COCCNCC(=O)Nc1ccccc1C(=O)NCc1ccc(C)cc1. The molecule has 0 aliphatic rings. The van der Waals surface area contributed by atoms with Crippen molar-refractivity contribution in [3.8, 4) is 0 Å². The van der Waals surface area contributed by atoms with E-state index < -0.39 is 0 Å². The summed E-state index contributed by atoms with van der Waals surface area (Å²) in [6.45, 7) is 3.72. The van der Waals surface area contributed by atoms with Gasteiger partial charge in [0.2, 0.25) is 5.91 Å². The molecule has 0 aromatic heterocycles. The maximum absolute atomic E-state index is 12.5. The van der Waals surface area contributed by atoms with E-state index in [1.54, 1.807) is 31.4 Å². The van der Waals surface area contributed by atoms with Gasteiger partial charge in [0.1, 0.15) is 0 Å². The number of hydrogen-bond donors (Lipinski definition) is 3. The first kappa shape index (κ1) is 19.6. The number of para-hydroxylation sites is 1. The van der Waals surface area contributed by atoms with Crippen LogP contribution in [0.2, 0.25) is 0 Å². The number of aryl methyl sites for hydroxylation is 1. The molecule has 2 rings (SSSR count). The van der Waals surface area contributed by atoms with E-state index >= 15 is 0 Å². The van der Waals surface area contributed by atoms with Gasteiger partial charge in [-0.15, -0.1) is 0 Å². The number of ether oxygens (including phenoxy) is 1. The molecule has 6 nitrogen and oxygen atoms in total. The Morgan fingerprint density at radius 2 is 1.77 bits per heavy atom. The zero-order valence-electron chi connectivity index (χ0n) is 15.2. The van der Waals surface area contributed by atoms with Gasteiger partial charge in [-0.3, -0.25) is 9.59 Å². The largest absolute Gasteiger partial charge is 0.383 e. The van der Waals surface area contributed by atoms with E-state index in [1.165, 1.54) is 5.56 Å². The van der Waals surface area contributed by atoms with Gasteiger partial charge < -0.3 is 20.7 Å². The molecule has 6 heteroatoms. The molecule has 0 unspecified atom stereocenters. The number of amides is 2. The van der Waals surface area contributed by atoms with E-state index in [2.05, 4.69) is 16.0 Å². The molecule has 0 heterocycles. The van der Waals surface area contributed by atoms with Crippen molar-refractivity contribution in [3.05, 3.63) is 65.2 Å². The summed E-state index contributed by atoms with van der Waals surface area (Å²) in [6, 6.07) is 14.9. The number of hydrogen-bond acceptors (Lipinski definition) is 4. The van der Waals surface area contributed by atoms with Crippen LogP contribution in [0.5, 0.6) is 0 Å². The Hall–Kier alpha value is -2.70. The number of carbonyl (C=O) groups is 2.